The molecule has 5 nitrogen and oxygen atoms in total. The molecule has 1 unspecified atom stereocenters. The van der Waals surface area contributed by atoms with Crippen molar-refractivity contribution in [1.82, 2.24) is 13.9 Å². The van der Waals surface area contributed by atoms with Crippen molar-refractivity contribution < 1.29 is 8.42 Å². The molecular weight excluding hydrogens is 334 g/mol. The average molecular weight is 366 g/mol. The summed E-state index contributed by atoms with van der Waals surface area (Å²) >= 11 is 0. The van der Waals surface area contributed by atoms with E-state index in [0.29, 0.717) is 13.1 Å². The zero-order chi connectivity index (χ0) is 17.5. The van der Waals surface area contributed by atoms with Crippen LogP contribution in [0.2, 0.25) is 0 Å². The van der Waals surface area contributed by atoms with Crippen molar-refractivity contribution in [3.63, 3.8) is 0 Å². The monoisotopic (exact) mass is 365 g/mol. The summed E-state index contributed by atoms with van der Waals surface area (Å²) < 4.78 is 29.7. The first-order valence-electron chi connectivity index (χ1n) is 9.67. The smallest absolute Gasteiger partial charge is 0.279 e. The van der Waals surface area contributed by atoms with Gasteiger partial charge >= 0.3 is 0 Å². The van der Waals surface area contributed by atoms with E-state index in [2.05, 4.69) is 33.9 Å². The van der Waals surface area contributed by atoms with E-state index in [0.717, 1.165) is 64.6 Å². The molecule has 2 heterocycles. The maximum atomic E-state index is 12.6. The minimum Gasteiger partial charge on any atom is -0.302 e. The molecule has 0 aromatic heterocycles. The van der Waals surface area contributed by atoms with Crippen LogP contribution in [0.15, 0.2) is 30.3 Å². The summed E-state index contributed by atoms with van der Waals surface area (Å²) in [6, 6.07) is 10.6. The Morgan fingerprint density at radius 3 is 2.52 bits per heavy atom. The Labute approximate surface area is 152 Å². The number of hydrogen-bond acceptors (Lipinski definition) is 3. The second-order valence-electron chi connectivity index (χ2n) is 7.31. The van der Waals surface area contributed by atoms with Crippen LogP contribution >= 0.6 is 0 Å². The van der Waals surface area contributed by atoms with E-state index in [-0.39, 0.29) is 6.04 Å². The standard InChI is InChI=1S/C19H31N3O2S/c23-25(24,22-15-5-2-6-16-22)20-19-12-8-14-21(17-19)13-7-11-18-9-3-1-4-10-18/h1,3-4,9-10,19-20H,2,5-8,11-17H2. The number of likely N-dealkylation sites (tertiary alicyclic amines) is 1. The molecular formula is C19H31N3O2S. The van der Waals surface area contributed by atoms with E-state index >= 15 is 0 Å². The molecule has 1 aromatic carbocycles. The van der Waals surface area contributed by atoms with E-state index in [1.54, 1.807) is 4.31 Å². The van der Waals surface area contributed by atoms with Crippen molar-refractivity contribution in [3.05, 3.63) is 35.9 Å². The van der Waals surface area contributed by atoms with Crippen LogP contribution in [0.4, 0.5) is 0 Å². The Balaban J connectivity index is 1.44. The van der Waals surface area contributed by atoms with Gasteiger partial charge in [-0.2, -0.15) is 17.4 Å². The molecule has 2 saturated heterocycles. The summed E-state index contributed by atoms with van der Waals surface area (Å²) in [5.41, 5.74) is 1.38. The molecule has 1 atom stereocenters. The van der Waals surface area contributed by atoms with Crippen LogP contribution in [-0.4, -0.2) is 56.4 Å². The molecule has 140 valence electrons. The number of benzene rings is 1. The predicted molar refractivity (Wildman–Crippen MR) is 102 cm³/mol. The molecule has 2 fully saturated rings. The molecule has 1 N–H and O–H groups in total. The molecule has 0 radical (unpaired) electrons. The van der Waals surface area contributed by atoms with Crippen molar-refractivity contribution in [1.29, 1.82) is 0 Å². The quantitative estimate of drug-likeness (QED) is 0.807. The SMILES string of the molecule is O=S(=O)(NC1CCCN(CCCc2ccccc2)C1)N1CCCCC1. The van der Waals surface area contributed by atoms with Crippen LogP contribution in [0.25, 0.3) is 0 Å². The van der Waals surface area contributed by atoms with Crippen LogP contribution in [-0.2, 0) is 16.6 Å². The number of nitrogens with one attached hydrogen (secondary N) is 1. The Morgan fingerprint density at radius 2 is 1.76 bits per heavy atom. The first kappa shape index (κ1) is 18.8. The van der Waals surface area contributed by atoms with E-state index < -0.39 is 10.2 Å². The van der Waals surface area contributed by atoms with Crippen LogP contribution in [0, 0.1) is 0 Å². The Bertz CT molecular complexity index is 615. The predicted octanol–water partition coefficient (Wildman–Crippen LogP) is 2.40. The van der Waals surface area contributed by atoms with Crippen LogP contribution in [0.1, 0.15) is 44.1 Å². The second-order valence-corrected chi connectivity index (χ2v) is 9.01. The molecule has 25 heavy (non-hydrogen) atoms. The molecule has 0 saturated carbocycles. The first-order valence-corrected chi connectivity index (χ1v) is 11.1. The Morgan fingerprint density at radius 1 is 1.00 bits per heavy atom. The lowest BCUT2D eigenvalue weighted by atomic mass is 10.1. The maximum Gasteiger partial charge on any atom is 0.279 e. The van der Waals surface area contributed by atoms with Crippen molar-refractivity contribution in [2.75, 3.05) is 32.7 Å². The highest BCUT2D eigenvalue weighted by Gasteiger charge is 2.29. The zero-order valence-corrected chi connectivity index (χ0v) is 15.9. The summed E-state index contributed by atoms with van der Waals surface area (Å²) in [7, 11) is -3.31. The van der Waals surface area contributed by atoms with Gasteiger partial charge in [0, 0.05) is 25.7 Å². The first-order chi connectivity index (χ1) is 12.1. The van der Waals surface area contributed by atoms with E-state index in [1.165, 1.54) is 5.56 Å². The van der Waals surface area contributed by atoms with Crippen LogP contribution in [0.5, 0.6) is 0 Å². The van der Waals surface area contributed by atoms with Gasteiger partial charge in [0.05, 0.1) is 0 Å². The second kappa shape index (κ2) is 9.12. The van der Waals surface area contributed by atoms with Crippen molar-refractivity contribution in [2.24, 2.45) is 0 Å². The minimum atomic E-state index is -3.31. The molecule has 0 amide bonds. The van der Waals surface area contributed by atoms with Crippen molar-refractivity contribution >= 4 is 10.2 Å². The Kier molecular flexibility index (Phi) is 6.87. The molecule has 0 bridgehead atoms. The van der Waals surface area contributed by atoms with Crippen molar-refractivity contribution in [2.45, 2.75) is 51.0 Å². The summed E-state index contributed by atoms with van der Waals surface area (Å²) in [5, 5.41) is 0. The van der Waals surface area contributed by atoms with Gasteiger partial charge in [0.1, 0.15) is 0 Å². The topological polar surface area (TPSA) is 52.7 Å². The fourth-order valence-electron chi connectivity index (χ4n) is 3.90. The molecule has 1 aromatic rings. The van der Waals surface area contributed by atoms with E-state index in [1.807, 2.05) is 6.07 Å². The highest BCUT2D eigenvalue weighted by molar-refractivity contribution is 7.87. The maximum absolute atomic E-state index is 12.6. The number of nitrogens with zero attached hydrogens (tertiary/aromatic N) is 2. The molecule has 0 spiro atoms. The number of rotatable bonds is 7. The molecule has 0 aliphatic carbocycles. The lowest BCUT2D eigenvalue weighted by molar-refractivity contribution is 0.198. The van der Waals surface area contributed by atoms with Crippen LogP contribution in [0.3, 0.4) is 0 Å². The van der Waals surface area contributed by atoms with Gasteiger partial charge in [-0.25, -0.2) is 0 Å². The number of aryl methyl sites for hydroxylation is 1. The van der Waals surface area contributed by atoms with Gasteiger partial charge in [0.25, 0.3) is 10.2 Å². The van der Waals surface area contributed by atoms with Gasteiger partial charge in [-0.05, 0) is 57.2 Å². The lowest BCUT2D eigenvalue weighted by Gasteiger charge is -2.35. The number of piperidine rings is 2. The van der Waals surface area contributed by atoms with Gasteiger partial charge in [-0.15, -0.1) is 0 Å². The highest BCUT2D eigenvalue weighted by Crippen LogP contribution is 2.16. The van der Waals surface area contributed by atoms with E-state index in [4.69, 9.17) is 0 Å². The van der Waals surface area contributed by atoms with Gasteiger partial charge in [-0.3, -0.25) is 0 Å². The minimum absolute atomic E-state index is 0.0531. The molecule has 6 heteroatoms. The Hall–Kier alpha value is -0.950. The third-order valence-corrected chi connectivity index (χ3v) is 6.93. The molecule has 2 aliphatic heterocycles. The summed E-state index contributed by atoms with van der Waals surface area (Å²) in [6.07, 6.45) is 7.33. The largest absolute Gasteiger partial charge is 0.302 e. The molecule has 3 rings (SSSR count). The third kappa shape index (κ3) is 5.78. The zero-order valence-electron chi connectivity index (χ0n) is 15.1. The normalized spacial score (nSPS) is 23.6. The number of hydrogen-bond donors (Lipinski definition) is 1. The van der Waals surface area contributed by atoms with E-state index in [9.17, 15) is 8.42 Å². The van der Waals surface area contributed by atoms with Gasteiger partial charge in [0.2, 0.25) is 0 Å². The fourth-order valence-corrected chi connectivity index (χ4v) is 5.40. The van der Waals surface area contributed by atoms with Gasteiger partial charge in [0.15, 0.2) is 0 Å². The third-order valence-electron chi connectivity index (χ3n) is 5.26. The summed E-state index contributed by atoms with van der Waals surface area (Å²) in [4.78, 5) is 2.41. The van der Waals surface area contributed by atoms with Crippen LogP contribution < -0.4 is 4.72 Å². The lowest BCUT2D eigenvalue weighted by Crippen LogP contribution is -2.52. The summed E-state index contributed by atoms with van der Waals surface area (Å²) in [6.45, 7) is 4.29. The van der Waals surface area contributed by atoms with Crippen molar-refractivity contribution in [3.8, 4) is 0 Å². The average Bonchev–Trinajstić information content (AvgIpc) is 2.63. The van der Waals surface area contributed by atoms with Gasteiger partial charge in [-0.1, -0.05) is 36.8 Å². The fraction of sp³-hybridized carbons (Fsp3) is 0.684. The van der Waals surface area contributed by atoms with Gasteiger partial charge < -0.3 is 4.90 Å². The molecule has 2 aliphatic rings. The highest BCUT2D eigenvalue weighted by atomic mass is 32.2. The summed E-state index contributed by atoms with van der Waals surface area (Å²) in [5.74, 6) is 0.